The van der Waals surface area contributed by atoms with Gasteiger partial charge in [-0.1, -0.05) is 6.07 Å². The molecule has 3 heterocycles. The highest BCUT2D eigenvalue weighted by Gasteiger charge is 2.17. The van der Waals surface area contributed by atoms with Gasteiger partial charge in [-0.2, -0.15) is 0 Å². The van der Waals surface area contributed by atoms with Gasteiger partial charge in [0.15, 0.2) is 0 Å². The van der Waals surface area contributed by atoms with Crippen molar-refractivity contribution in [2.24, 2.45) is 0 Å². The van der Waals surface area contributed by atoms with Gasteiger partial charge in [-0.05, 0) is 46.3 Å². The number of benzene rings is 1. The molecule has 3 N–H and O–H groups in total. The average Bonchev–Trinajstić information content (AvgIpc) is 2.97. The molecular weight excluding hydrogens is 375 g/mol. The molecule has 0 atom stereocenters. The van der Waals surface area contributed by atoms with Crippen LogP contribution in [0.15, 0.2) is 47.2 Å². The van der Waals surface area contributed by atoms with Crippen LogP contribution in [-0.2, 0) is 0 Å². The minimum absolute atomic E-state index is 0.0366. The molecule has 0 aliphatic carbocycles. The highest BCUT2D eigenvalue weighted by atomic mass is 79.9. The molecule has 0 amide bonds. The second kappa shape index (κ2) is 5.64. The van der Waals surface area contributed by atoms with Gasteiger partial charge < -0.3 is 10.7 Å². The van der Waals surface area contributed by atoms with Crippen LogP contribution in [0, 0.1) is 5.82 Å². The number of halogens is 2. The lowest BCUT2D eigenvalue weighted by molar-refractivity contribution is 0.630. The van der Waals surface area contributed by atoms with E-state index in [4.69, 9.17) is 5.73 Å². The Morgan fingerprint density at radius 3 is 2.75 bits per heavy atom. The Morgan fingerprint density at radius 2 is 1.92 bits per heavy atom. The van der Waals surface area contributed by atoms with Crippen LogP contribution >= 0.6 is 15.9 Å². The lowest BCUT2D eigenvalue weighted by atomic mass is 10.1. The Kier molecular flexibility index (Phi) is 3.46. The molecule has 0 saturated heterocycles. The number of rotatable bonds is 2. The molecule has 4 aromatic rings. The Balaban J connectivity index is 2.00. The van der Waals surface area contributed by atoms with E-state index in [0.717, 1.165) is 5.52 Å². The summed E-state index contributed by atoms with van der Waals surface area (Å²) < 4.78 is 14.3. The number of nitrogens with one attached hydrogen (secondary N) is 1. The summed E-state index contributed by atoms with van der Waals surface area (Å²) in [6, 6.07) is 9.95. The van der Waals surface area contributed by atoms with E-state index in [2.05, 4.69) is 41.1 Å². The van der Waals surface area contributed by atoms with Crippen molar-refractivity contribution in [3.8, 4) is 22.6 Å². The van der Waals surface area contributed by atoms with E-state index in [1.165, 1.54) is 12.1 Å². The predicted molar refractivity (Wildman–Crippen MR) is 92.4 cm³/mol. The lowest BCUT2D eigenvalue weighted by Gasteiger charge is -2.07. The third-order valence-electron chi connectivity index (χ3n) is 3.56. The maximum Gasteiger partial charge on any atom is 0.240 e. The van der Waals surface area contributed by atoms with Crippen LogP contribution < -0.4 is 5.73 Å². The molecule has 24 heavy (non-hydrogen) atoms. The molecule has 0 spiro atoms. The fourth-order valence-electron chi connectivity index (χ4n) is 2.53. The van der Waals surface area contributed by atoms with Gasteiger partial charge in [0.05, 0.1) is 5.69 Å². The number of nitrogens with two attached hydrogens (primary N) is 1. The summed E-state index contributed by atoms with van der Waals surface area (Å²) >= 11 is 3.34. The number of nitrogens with zero attached hydrogens (tertiary/aromatic N) is 4. The minimum atomic E-state index is -0.333. The highest BCUT2D eigenvalue weighted by molar-refractivity contribution is 9.10. The van der Waals surface area contributed by atoms with Crippen LogP contribution in [-0.4, -0.2) is 25.1 Å². The van der Waals surface area contributed by atoms with Crippen LogP contribution in [0.2, 0.25) is 0 Å². The van der Waals surface area contributed by atoms with Crippen molar-refractivity contribution in [1.29, 1.82) is 0 Å². The number of aromatic nitrogens is 5. The summed E-state index contributed by atoms with van der Waals surface area (Å²) in [5.74, 6) is -0.296. The Bertz CT molecular complexity index is 1060. The molecular formula is C16H10BrFN6. The summed E-state index contributed by atoms with van der Waals surface area (Å²) in [5.41, 5.74) is 8.74. The van der Waals surface area contributed by atoms with E-state index in [1.807, 2.05) is 12.1 Å². The van der Waals surface area contributed by atoms with E-state index in [1.54, 1.807) is 18.3 Å². The average molecular weight is 385 g/mol. The van der Waals surface area contributed by atoms with Crippen LogP contribution in [0.5, 0.6) is 0 Å². The van der Waals surface area contributed by atoms with Gasteiger partial charge in [-0.3, -0.25) is 0 Å². The standard InChI is InChI=1S/C16H10BrFN6/c17-13-3-1-2-12(21-13)15-14(22-16(19)24-23-15)10-7-20-11-5-4-8(18)6-9(10)11/h1-7,20H,(H2,19,22,24). The number of hydrogen-bond acceptors (Lipinski definition) is 5. The van der Waals surface area contributed by atoms with Gasteiger partial charge in [0, 0.05) is 22.7 Å². The van der Waals surface area contributed by atoms with Gasteiger partial charge >= 0.3 is 0 Å². The Morgan fingerprint density at radius 1 is 1.04 bits per heavy atom. The Hall–Kier alpha value is -2.87. The fourth-order valence-corrected chi connectivity index (χ4v) is 2.87. The number of H-pyrrole nitrogens is 1. The first-order valence-corrected chi connectivity index (χ1v) is 7.81. The van der Waals surface area contributed by atoms with Crippen molar-refractivity contribution in [3.05, 3.63) is 53.0 Å². The van der Waals surface area contributed by atoms with Gasteiger partial charge in [0.2, 0.25) is 5.95 Å². The van der Waals surface area contributed by atoms with Crippen molar-refractivity contribution in [3.63, 3.8) is 0 Å². The third kappa shape index (κ3) is 2.50. The van der Waals surface area contributed by atoms with Crippen molar-refractivity contribution < 1.29 is 4.39 Å². The normalized spacial score (nSPS) is 11.1. The van der Waals surface area contributed by atoms with Crippen molar-refractivity contribution >= 4 is 32.8 Å². The van der Waals surface area contributed by atoms with Crippen LogP contribution in [0.4, 0.5) is 10.3 Å². The van der Waals surface area contributed by atoms with Crippen molar-refractivity contribution in [2.45, 2.75) is 0 Å². The summed E-state index contributed by atoms with van der Waals surface area (Å²) in [5, 5.41) is 8.66. The topological polar surface area (TPSA) is 93.4 Å². The quantitative estimate of drug-likeness (QED) is 0.515. The van der Waals surface area contributed by atoms with Crippen LogP contribution in [0.3, 0.4) is 0 Å². The molecule has 0 radical (unpaired) electrons. The van der Waals surface area contributed by atoms with Crippen molar-refractivity contribution in [1.82, 2.24) is 25.1 Å². The van der Waals surface area contributed by atoms with Gasteiger partial charge in [0.1, 0.15) is 21.8 Å². The van der Waals surface area contributed by atoms with Gasteiger partial charge in [-0.25, -0.2) is 14.4 Å². The number of pyridine rings is 1. The van der Waals surface area contributed by atoms with E-state index in [9.17, 15) is 4.39 Å². The van der Waals surface area contributed by atoms with E-state index in [0.29, 0.717) is 32.6 Å². The van der Waals surface area contributed by atoms with Crippen molar-refractivity contribution in [2.75, 3.05) is 5.73 Å². The molecule has 3 aromatic heterocycles. The number of anilines is 1. The molecule has 8 heteroatoms. The first-order chi connectivity index (χ1) is 11.6. The predicted octanol–water partition coefficient (Wildman–Crippen LogP) is 3.57. The second-order valence-electron chi connectivity index (χ2n) is 5.11. The molecule has 0 fully saturated rings. The second-order valence-corrected chi connectivity index (χ2v) is 5.92. The van der Waals surface area contributed by atoms with E-state index >= 15 is 0 Å². The fraction of sp³-hybridized carbons (Fsp3) is 0. The summed E-state index contributed by atoms with van der Waals surface area (Å²) in [6.45, 7) is 0. The summed E-state index contributed by atoms with van der Waals surface area (Å²) in [7, 11) is 0. The largest absolute Gasteiger partial charge is 0.366 e. The SMILES string of the molecule is Nc1nnc(-c2cccc(Br)n2)c(-c2c[nH]c3ccc(F)cc23)n1. The molecule has 0 aliphatic heterocycles. The zero-order valence-corrected chi connectivity index (χ0v) is 13.7. The number of nitrogen functional groups attached to an aromatic ring is 1. The maximum absolute atomic E-state index is 13.7. The van der Waals surface area contributed by atoms with Crippen LogP contribution in [0.25, 0.3) is 33.5 Å². The van der Waals surface area contributed by atoms with E-state index < -0.39 is 0 Å². The molecule has 6 nitrogen and oxygen atoms in total. The molecule has 1 aromatic carbocycles. The molecule has 0 saturated carbocycles. The highest BCUT2D eigenvalue weighted by Crippen LogP contribution is 2.33. The van der Waals surface area contributed by atoms with Gasteiger partial charge in [0.25, 0.3) is 0 Å². The minimum Gasteiger partial charge on any atom is -0.366 e. The smallest absolute Gasteiger partial charge is 0.240 e. The number of fused-ring (bicyclic) bond motifs is 1. The lowest BCUT2D eigenvalue weighted by Crippen LogP contribution is -2.03. The molecule has 0 unspecified atom stereocenters. The summed E-state index contributed by atoms with van der Waals surface area (Å²) in [6.07, 6.45) is 1.75. The Labute approximate surface area is 144 Å². The first-order valence-electron chi connectivity index (χ1n) is 7.02. The number of aromatic amines is 1. The molecule has 0 aliphatic rings. The molecule has 118 valence electrons. The molecule has 4 rings (SSSR count). The molecule has 0 bridgehead atoms. The van der Waals surface area contributed by atoms with Gasteiger partial charge in [-0.15, -0.1) is 10.2 Å². The van der Waals surface area contributed by atoms with E-state index in [-0.39, 0.29) is 11.8 Å². The zero-order valence-electron chi connectivity index (χ0n) is 12.2. The van der Waals surface area contributed by atoms with Crippen LogP contribution in [0.1, 0.15) is 0 Å². The first kappa shape index (κ1) is 14.7. The third-order valence-corrected chi connectivity index (χ3v) is 4.00. The summed E-state index contributed by atoms with van der Waals surface area (Å²) in [4.78, 5) is 11.8. The zero-order chi connectivity index (χ0) is 16.7. The monoisotopic (exact) mass is 384 g/mol. The maximum atomic E-state index is 13.7. The number of hydrogen-bond donors (Lipinski definition) is 2.